The average molecular weight is 250 g/mol. The zero-order chi connectivity index (χ0) is 12.6. The molecule has 3 nitrogen and oxygen atoms in total. The third-order valence-corrected chi connectivity index (χ3v) is 2.97. The van der Waals surface area contributed by atoms with Crippen LogP contribution in [0.1, 0.15) is 31.0 Å². The number of rotatable bonds is 2. The highest BCUT2D eigenvalue weighted by Crippen LogP contribution is 2.23. The molecule has 1 heterocycles. The summed E-state index contributed by atoms with van der Waals surface area (Å²) < 4.78 is 1.76. The van der Waals surface area contributed by atoms with Gasteiger partial charge in [0.1, 0.15) is 5.82 Å². The molecule has 0 saturated heterocycles. The maximum atomic E-state index is 5.99. The summed E-state index contributed by atoms with van der Waals surface area (Å²) in [6.45, 7) is 6.19. The van der Waals surface area contributed by atoms with Crippen LogP contribution in [0.5, 0.6) is 0 Å². The Labute approximate surface area is 106 Å². The van der Waals surface area contributed by atoms with Crippen LogP contribution in [-0.2, 0) is 0 Å². The highest BCUT2D eigenvalue weighted by Gasteiger charge is 2.11. The van der Waals surface area contributed by atoms with Gasteiger partial charge in [-0.05, 0) is 36.6 Å². The second-order valence-corrected chi connectivity index (χ2v) is 4.93. The average Bonchev–Trinajstić information content (AvgIpc) is 2.61. The smallest absolute Gasteiger partial charge is 0.127 e. The Hall–Kier alpha value is -1.48. The van der Waals surface area contributed by atoms with E-state index >= 15 is 0 Å². The van der Waals surface area contributed by atoms with Gasteiger partial charge in [-0.15, -0.1) is 0 Å². The van der Waals surface area contributed by atoms with Crippen molar-refractivity contribution in [1.29, 1.82) is 0 Å². The molecule has 0 unspecified atom stereocenters. The molecular weight excluding hydrogens is 234 g/mol. The Morgan fingerprint density at radius 1 is 1.29 bits per heavy atom. The topological polar surface area (TPSA) is 43.8 Å². The molecule has 1 aromatic carbocycles. The monoisotopic (exact) mass is 249 g/mol. The Morgan fingerprint density at radius 3 is 2.53 bits per heavy atom. The van der Waals surface area contributed by atoms with Crippen LogP contribution < -0.4 is 5.73 Å². The Kier molecular flexibility index (Phi) is 3.11. The fourth-order valence-corrected chi connectivity index (χ4v) is 1.97. The lowest BCUT2D eigenvalue weighted by atomic mass is 10.1. The lowest BCUT2D eigenvalue weighted by molar-refractivity contribution is 0.769. The number of benzene rings is 1. The number of nitrogen functional groups attached to an aromatic ring is 1. The van der Waals surface area contributed by atoms with Crippen molar-refractivity contribution in [2.24, 2.45) is 0 Å². The van der Waals surface area contributed by atoms with E-state index in [0.717, 1.165) is 22.0 Å². The first-order valence-corrected chi connectivity index (χ1v) is 5.99. The van der Waals surface area contributed by atoms with Gasteiger partial charge in [0.05, 0.1) is 11.4 Å². The number of aromatic nitrogens is 2. The van der Waals surface area contributed by atoms with Gasteiger partial charge in [-0.2, -0.15) is 5.10 Å². The first-order valence-electron chi connectivity index (χ1n) is 5.61. The zero-order valence-electron chi connectivity index (χ0n) is 10.2. The van der Waals surface area contributed by atoms with Crippen molar-refractivity contribution in [1.82, 2.24) is 9.78 Å². The fourth-order valence-electron chi connectivity index (χ4n) is 1.75. The molecule has 0 amide bonds. The van der Waals surface area contributed by atoms with E-state index in [-0.39, 0.29) is 0 Å². The van der Waals surface area contributed by atoms with Crippen molar-refractivity contribution in [3.8, 4) is 5.69 Å². The molecule has 0 spiro atoms. The number of halogens is 1. The summed E-state index contributed by atoms with van der Waals surface area (Å²) in [6, 6.07) is 7.61. The van der Waals surface area contributed by atoms with Crippen molar-refractivity contribution >= 4 is 17.4 Å². The normalized spacial score (nSPS) is 11.1. The number of hydrogen-bond donors (Lipinski definition) is 1. The van der Waals surface area contributed by atoms with Crippen molar-refractivity contribution < 1.29 is 0 Å². The van der Waals surface area contributed by atoms with Crippen LogP contribution in [0.4, 0.5) is 5.82 Å². The van der Waals surface area contributed by atoms with Crippen molar-refractivity contribution in [3.63, 3.8) is 0 Å². The summed E-state index contributed by atoms with van der Waals surface area (Å²) in [7, 11) is 0. The molecular formula is C13H16ClN3. The van der Waals surface area contributed by atoms with E-state index in [1.54, 1.807) is 4.68 Å². The van der Waals surface area contributed by atoms with E-state index in [2.05, 4.69) is 18.9 Å². The van der Waals surface area contributed by atoms with Crippen molar-refractivity contribution in [3.05, 3.63) is 40.5 Å². The van der Waals surface area contributed by atoms with E-state index in [0.29, 0.717) is 11.7 Å². The van der Waals surface area contributed by atoms with E-state index in [1.807, 2.05) is 31.2 Å². The van der Waals surface area contributed by atoms with Gasteiger partial charge in [0.15, 0.2) is 0 Å². The van der Waals surface area contributed by atoms with Gasteiger partial charge in [-0.1, -0.05) is 25.4 Å². The molecule has 0 radical (unpaired) electrons. The quantitative estimate of drug-likeness (QED) is 0.885. The van der Waals surface area contributed by atoms with E-state index in [4.69, 9.17) is 17.3 Å². The molecule has 2 N–H and O–H groups in total. The molecule has 0 saturated carbocycles. The number of nitrogens with two attached hydrogens (primary N) is 1. The Morgan fingerprint density at radius 2 is 2.00 bits per heavy atom. The first-order chi connectivity index (χ1) is 7.99. The standard InChI is InChI=1S/C13H16ClN3/c1-8(2)11-7-13(15)17(16-11)12-5-4-10(14)6-9(12)3/h4-8H,15H2,1-3H3. The molecule has 0 aliphatic rings. The van der Waals surface area contributed by atoms with Gasteiger partial charge in [0.25, 0.3) is 0 Å². The highest BCUT2D eigenvalue weighted by molar-refractivity contribution is 6.30. The number of nitrogens with zero attached hydrogens (tertiary/aromatic N) is 2. The van der Waals surface area contributed by atoms with Gasteiger partial charge in [-0.25, -0.2) is 4.68 Å². The minimum absolute atomic E-state index is 0.367. The summed E-state index contributed by atoms with van der Waals surface area (Å²) in [5, 5.41) is 5.24. The van der Waals surface area contributed by atoms with Crippen molar-refractivity contribution in [2.75, 3.05) is 5.73 Å². The summed E-state index contributed by atoms with van der Waals surface area (Å²) in [6.07, 6.45) is 0. The van der Waals surface area contributed by atoms with Crippen LogP contribution in [0.15, 0.2) is 24.3 Å². The number of aryl methyl sites for hydroxylation is 1. The molecule has 0 aliphatic heterocycles. The van der Waals surface area contributed by atoms with Crippen LogP contribution in [0, 0.1) is 6.92 Å². The molecule has 0 aliphatic carbocycles. The van der Waals surface area contributed by atoms with Crippen molar-refractivity contribution in [2.45, 2.75) is 26.7 Å². The molecule has 1 aromatic heterocycles. The summed E-state index contributed by atoms with van der Waals surface area (Å²) in [5.74, 6) is 1.02. The lowest BCUT2D eigenvalue weighted by Crippen LogP contribution is -2.04. The van der Waals surface area contributed by atoms with Gasteiger partial charge < -0.3 is 5.73 Å². The molecule has 17 heavy (non-hydrogen) atoms. The molecule has 90 valence electrons. The molecule has 0 fully saturated rings. The first kappa shape index (κ1) is 12.0. The molecule has 4 heteroatoms. The maximum Gasteiger partial charge on any atom is 0.127 e. The van der Waals surface area contributed by atoms with Crippen LogP contribution in [0.25, 0.3) is 5.69 Å². The van der Waals surface area contributed by atoms with Gasteiger partial charge in [0, 0.05) is 11.1 Å². The SMILES string of the molecule is Cc1cc(Cl)ccc1-n1nc(C(C)C)cc1N. The summed E-state index contributed by atoms with van der Waals surface area (Å²) >= 11 is 5.94. The van der Waals surface area contributed by atoms with E-state index in [9.17, 15) is 0 Å². The van der Waals surface area contributed by atoms with Crippen LogP contribution in [-0.4, -0.2) is 9.78 Å². The Balaban J connectivity index is 2.52. The molecule has 0 bridgehead atoms. The largest absolute Gasteiger partial charge is 0.384 e. The predicted octanol–water partition coefficient (Wildman–Crippen LogP) is 3.54. The van der Waals surface area contributed by atoms with Gasteiger partial charge in [0.2, 0.25) is 0 Å². The van der Waals surface area contributed by atoms with E-state index in [1.165, 1.54) is 0 Å². The van der Waals surface area contributed by atoms with Gasteiger partial charge >= 0.3 is 0 Å². The summed E-state index contributed by atoms with van der Waals surface area (Å²) in [5.41, 5.74) is 9.01. The second-order valence-electron chi connectivity index (χ2n) is 4.49. The third-order valence-electron chi connectivity index (χ3n) is 2.73. The second kappa shape index (κ2) is 4.41. The van der Waals surface area contributed by atoms with Gasteiger partial charge in [-0.3, -0.25) is 0 Å². The highest BCUT2D eigenvalue weighted by atomic mass is 35.5. The minimum Gasteiger partial charge on any atom is -0.384 e. The lowest BCUT2D eigenvalue weighted by Gasteiger charge is -2.08. The van der Waals surface area contributed by atoms with E-state index < -0.39 is 0 Å². The maximum absolute atomic E-state index is 5.99. The van der Waals surface area contributed by atoms with Crippen LogP contribution in [0.3, 0.4) is 0 Å². The number of anilines is 1. The molecule has 2 rings (SSSR count). The predicted molar refractivity (Wildman–Crippen MR) is 71.8 cm³/mol. The van der Waals surface area contributed by atoms with Crippen LogP contribution in [0.2, 0.25) is 5.02 Å². The third kappa shape index (κ3) is 2.29. The summed E-state index contributed by atoms with van der Waals surface area (Å²) in [4.78, 5) is 0. The minimum atomic E-state index is 0.367. The number of hydrogen-bond acceptors (Lipinski definition) is 2. The Bertz CT molecular complexity index is 544. The molecule has 0 atom stereocenters. The van der Waals surface area contributed by atoms with Crippen LogP contribution >= 0.6 is 11.6 Å². The fraction of sp³-hybridized carbons (Fsp3) is 0.308. The zero-order valence-corrected chi connectivity index (χ0v) is 11.0. The molecule has 2 aromatic rings.